The molecule has 2 aromatic carbocycles. The number of hydrogen-bond donors (Lipinski definition) is 6. The Labute approximate surface area is 224 Å². The number of hydrogen-bond acceptors (Lipinski definition) is 9. The maximum Gasteiger partial charge on any atom is 0.225 e. The summed E-state index contributed by atoms with van der Waals surface area (Å²) in [4.78, 5) is 8.89. The molecule has 9 nitrogen and oxygen atoms in total. The summed E-state index contributed by atoms with van der Waals surface area (Å²) in [6.45, 7) is 5.07. The third kappa shape index (κ3) is 7.41. The Hall–Kier alpha value is -3.24. The lowest BCUT2D eigenvalue weighted by Gasteiger charge is -2.28. The topological polar surface area (TPSA) is 137 Å². The van der Waals surface area contributed by atoms with Crippen molar-refractivity contribution in [1.82, 2.24) is 15.3 Å². The Bertz CT molecular complexity index is 1170. The zero-order chi connectivity index (χ0) is 26.7. The predicted octanol–water partition coefficient (Wildman–Crippen LogP) is 4.27. The normalized spacial score (nSPS) is 17.3. The van der Waals surface area contributed by atoms with Gasteiger partial charge in [0.05, 0.1) is 18.5 Å². The molecule has 1 aliphatic rings. The molecule has 3 aromatic rings. The standard InChI is InChI=1S/C29H39N6O3/c1-20-25(6-3-7-26(20)24-5-2-4-23(14-24)15-30-12-13-36)17-32-29-33-18-27(35-38)28(34-29)31-16-21-8-10-22(19-37)11-9-21/h2-7,14,18,21-22,30,35-37H,8-13,15-17,19H2,1H3,(H2,31,32,33,34)/q-1. The first kappa shape index (κ1) is 27.8. The first-order chi connectivity index (χ1) is 18.6. The molecule has 38 heavy (non-hydrogen) atoms. The number of benzene rings is 2. The van der Waals surface area contributed by atoms with E-state index in [4.69, 9.17) is 5.11 Å². The van der Waals surface area contributed by atoms with Crippen LogP contribution in [0.3, 0.4) is 0 Å². The first-order valence-electron chi connectivity index (χ1n) is 13.4. The highest BCUT2D eigenvalue weighted by molar-refractivity contribution is 5.69. The SMILES string of the molecule is Cc1c(CNc2ncc(N[O-])c(NCC3CCC(CO)CC3)n2)cccc1-c1cccc(CNCCO)c1. The average Bonchev–Trinajstić information content (AvgIpc) is 2.96. The molecule has 0 saturated heterocycles. The molecule has 1 aromatic heterocycles. The Morgan fingerprint density at radius 1 is 0.974 bits per heavy atom. The number of anilines is 3. The lowest BCUT2D eigenvalue weighted by atomic mass is 9.82. The molecule has 1 heterocycles. The van der Waals surface area contributed by atoms with Crippen molar-refractivity contribution in [3.05, 3.63) is 70.6 Å². The van der Waals surface area contributed by atoms with Crippen LogP contribution in [0.25, 0.3) is 11.1 Å². The van der Waals surface area contributed by atoms with Crippen molar-refractivity contribution in [2.24, 2.45) is 11.8 Å². The minimum absolute atomic E-state index is 0.123. The minimum atomic E-state index is 0.123. The maximum atomic E-state index is 11.5. The van der Waals surface area contributed by atoms with Crippen molar-refractivity contribution in [2.75, 3.05) is 42.4 Å². The van der Waals surface area contributed by atoms with E-state index in [1.807, 2.05) is 5.48 Å². The van der Waals surface area contributed by atoms with E-state index in [1.165, 1.54) is 22.9 Å². The molecule has 1 aliphatic carbocycles. The van der Waals surface area contributed by atoms with Crippen LogP contribution in [0.2, 0.25) is 0 Å². The highest BCUT2D eigenvalue weighted by Gasteiger charge is 2.21. The van der Waals surface area contributed by atoms with E-state index in [-0.39, 0.29) is 13.2 Å². The van der Waals surface area contributed by atoms with Crippen LogP contribution in [0.1, 0.15) is 42.4 Å². The van der Waals surface area contributed by atoms with Crippen LogP contribution in [-0.4, -0.2) is 46.5 Å². The largest absolute Gasteiger partial charge is 0.761 e. The van der Waals surface area contributed by atoms with Gasteiger partial charge in [-0.25, -0.2) is 4.98 Å². The van der Waals surface area contributed by atoms with Crippen molar-refractivity contribution in [1.29, 1.82) is 0 Å². The van der Waals surface area contributed by atoms with Gasteiger partial charge in [0.1, 0.15) is 0 Å². The van der Waals surface area contributed by atoms with Gasteiger partial charge in [0.2, 0.25) is 5.95 Å². The molecule has 0 aliphatic heterocycles. The van der Waals surface area contributed by atoms with E-state index in [0.717, 1.165) is 43.4 Å². The van der Waals surface area contributed by atoms with Crippen molar-refractivity contribution in [3.63, 3.8) is 0 Å². The Balaban J connectivity index is 1.40. The summed E-state index contributed by atoms with van der Waals surface area (Å²) in [6.07, 6.45) is 5.70. The zero-order valence-corrected chi connectivity index (χ0v) is 22.0. The summed E-state index contributed by atoms with van der Waals surface area (Å²) in [5, 5.41) is 39.7. The van der Waals surface area contributed by atoms with Gasteiger partial charge in [-0.2, -0.15) is 4.98 Å². The van der Waals surface area contributed by atoms with Crippen LogP contribution >= 0.6 is 0 Å². The predicted molar refractivity (Wildman–Crippen MR) is 153 cm³/mol. The lowest BCUT2D eigenvalue weighted by Crippen LogP contribution is -2.23. The van der Waals surface area contributed by atoms with Crippen LogP contribution in [0.4, 0.5) is 17.5 Å². The minimum Gasteiger partial charge on any atom is -0.761 e. The molecule has 4 rings (SSSR count). The van der Waals surface area contributed by atoms with Crippen LogP contribution in [-0.2, 0) is 13.1 Å². The van der Waals surface area contributed by atoms with Crippen molar-refractivity contribution >= 4 is 17.5 Å². The van der Waals surface area contributed by atoms with Gasteiger partial charge in [0, 0.05) is 32.8 Å². The maximum absolute atomic E-state index is 11.5. The van der Waals surface area contributed by atoms with Gasteiger partial charge in [-0.1, -0.05) is 36.4 Å². The molecule has 0 bridgehead atoms. The summed E-state index contributed by atoms with van der Waals surface area (Å²) in [5.41, 5.74) is 8.06. The number of nitrogens with one attached hydrogen (secondary N) is 4. The van der Waals surface area contributed by atoms with E-state index in [9.17, 15) is 10.3 Å². The summed E-state index contributed by atoms with van der Waals surface area (Å²) < 4.78 is 0. The second kappa shape index (κ2) is 14.1. The highest BCUT2D eigenvalue weighted by atomic mass is 16.5. The van der Waals surface area contributed by atoms with Gasteiger partial charge in [0.15, 0.2) is 5.82 Å². The Kier molecular flexibility index (Phi) is 10.3. The van der Waals surface area contributed by atoms with Crippen LogP contribution < -0.4 is 21.4 Å². The van der Waals surface area contributed by atoms with Crippen molar-refractivity contribution in [3.8, 4) is 11.1 Å². The smallest absolute Gasteiger partial charge is 0.225 e. The van der Waals surface area contributed by atoms with Crippen LogP contribution in [0.15, 0.2) is 48.7 Å². The Morgan fingerprint density at radius 3 is 2.53 bits per heavy atom. The molecule has 0 atom stereocenters. The highest BCUT2D eigenvalue weighted by Crippen LogP contribution is 2.30. The molecule has 0 amide bonds. The molecule has 1 saturated carbocycles. The van der Waals surface area contributed by atoms with E-state index in [1.54, 1.807) is 0 Å². The first-order valence-corrected chi connectivity index (χ1v) is 13.4. The fraction of sp³-hybridized carbons (Fsp3) is 0.448. The lowest BCUT2D eigenvalue weighted by molar-refractivity contribution is 0.170. The van der Waals surface area contributed by atoms with E-state index >= 15 is 0 Å². The second-order valence-corrected chi connectivity index (χ2v) is 10.1. The molecule has 1 fully saturated rings. The van der Waals surface area contributed by atoms with Crippen molar-refractivity contribution in [2.45, 2.75) is 45.7 Å². The average molecular weight is 520 g/mol. The summed E-state index contributed by atoms with van der Waals surface area (Å²) in [5.74, 6) is 1.87. The molecule has 0 unspecified atom stereocenters. The molecule has 0 radical (unpaired) electrons. The van der Waals surface area contributed by atoms with Gasteiger partial charge in [-0.15, -0.1) is 0 Å². The number of aliphatic hydroxyl groups excluding tert-OH is 2. The summed E-state index contributed by atoms with van der Waals surface area (Å²) in [6, 6.07) is 14.7. The monoisotopic (exact) mass is 519 g/mol. The van der Waals surface area contributed by atoms with Gasteiger partial charge in [0.25, 0.3) is 0 Å². The van der Waals surface area contributed by atoms with Crippen molar-refractivity contribution < 1.29 is 10.2 Å². The molecule has 6 N–H and O–H groups in total. The molecular formula is C29H39N6O3-. The van der Waals surface area contributed by atoms with E-state index in [0.29, 0.717) is 48.9 Å². The van der Waals surface area contributed by atoms with Gasteiger partial charge in [-0.3, -0.25) is 0 Å². The second-order valence-electron chi connectivity index (χ2n) is 10.1. The fourth-order valence-corrected chi connectivity index (χ4v) is 5.06. The van der Waals surface area contributed by atoms with E-state index < -0.39 is 0 Å². The quantitative estimate of drug-likeness (QED) is 0.144. The third-order valence-electron chi connectivity index (χ3n) is 7.42. The number of aromatic nitrogens is 2. The molecule has 204 valence electrons. The zero-order valence-electron chi connectivity index (χ0n) is 22.0. The molecule has 9 heteroatoms. The molecular weight excluding hydrogens is 480 g/mol. The fourth-order valence-electron chi connectivity index (χ4n) is 5.06. The number of rotatable bonds is 13. The Morgan fingerprint density at radius 2 is 1.76 bits per heavy atom. The van der Waals surface area contributed by atoms with Crippen LogP contribution in [0, 0.1) is 24.0 Å². The summed E-state index contributed by atoms with van der Waals surface area (Å²) in [7, 11) is 0. The van der Waals surface area contributed by atoms with Crippen LogP contribution in [0.5, 0.6) is 0 Å². The van der Waals surface area contributed by atoms with Gasteiger partial charge >= 0.3 is 0 Å². The van der Waals surface area contributed by atoms with Gasteiger partial charge < -0.3 is 36.9 Å². The molecule has 0 spiro atoms. The number of aliphatic hydroxyl groups is 2. The number of nitrogens with zero attached hydrogens (tertiary/aromatic N) is 2. The third-order valence-corrected chi connectivity index (χ3v) is 7.42. The van der Waals surface area contributed by atoms with E-state index in [2.05, 4.69) is 75.3 Å². The van der Waals surface area contributed by atoms with Gasteiger partial charge in [-0.05, 0) is 78.3 Å². The summed E-state index contributed by atoms with van der Waals surface area (Å²) >= 11 is 0.